The van der Waals surface area contributed by atoms with Gasteiger partial charge in [-0.15, -0.1) is 0 Å². The van der Waals surface area contributed by atoms with Crippen molar-refractivity contribution in [2.75, 3.05) is 5.32 Å². The standard InChI is InChI=1S/C12H9N5O2/c13-6-9-5-11(17(18)19)1-2-12(9)16-8-10-7-14-3-4-15-10/h1-5,7,16H,8H2. The number of nitrogens with one attached hydrogen (secondary N) is 1. The number of benzene rings is 1. The minimum absolute atomic E-state index is 0.110. The number of rotatable bonds is 4. The summed E-state index contributed by atoms with van der Waals surface area (Å²) in [6.07, 6.45) is 4.73. The Kier molecular flexibility index (Phi) is 3.64. The molecule has 1 aromatic heterocycles. The molecule has 0 aliphatic carbocycles. The highest BCUT2D eigenvalue weighted by molar-refractivity contribution is 5.61. The maximum absolute atomic E-state index is 10.6. The molecular formula is C12H9N5O2. The molecule has 0 atom stereocenters. The van der Waals surface area contributed by atoms with Crippen LogP contribution in [0.4, 0.5) is 11.4 Å². The molecule has 1 heterocycles. The second kappa shape index (κ2) is 5.55. The Morgan fingerprint density at radius 1 is 1.42 bits per heavy atom. The van der Waals surface area contributed by atoms with Crippen LogP contribution in [0.2, 0.25) is 0 Å². The number of nitriles is 1. The molecule has 0 spiro atoms. The molecule has 2 rings (SSSR count). The van der Waals surface area contributed by atoms with Gasteiger partial charge < -0.3 is 5.32 Å². The molecule has 0 aliphatic rings. The predicted molar refractivity (Wildman–Crippen MR) is 67.2 cm³/mol. The van der Waals surface area contributed by atoms with Gasteiger partial charge in [-0.05, 0) is 6.07 Å². The predicted octanol–water partition coefficient (Wildman–Crippen LogP) is 1.87. The van der Waals surface area contributed by atoms with Crippen LogP contribution in [0.5, 0.6) is 0 Å². The van der Waals surface area contributed by atoms with Gasteiger partial charge in [0.1, 0.15) is 6.07 Å². The molecule has 0 fully saturated rings. The highest BCUT2D eigenvalue weighted by Crippen LogP contribution is 2.21. The van der Waals surface area contributed by atoms with E-state index in [1.54, 1.807) is 18.6 Å². The summed E-state index contributed by atoms with van der Waals surface area (Å²) >= 11 is 0. The fraction of sp³-hybridized carbons (Fsp3) is 0.0833. The van der Waals surface area contributed by atoms with Crippen LogP contribution in [0.15, 0.2) is 36.8 Å². The molecule has 1 aromatic carbocycles. The Balaban J connectivity index is 2.17. The van der Waals surface area contributed by atoms with Crippen LogP contribution in [-0.2, 0) is 6.54 Å². The molecule has 0 radical (unpaired) electrons. The number of nitrogens with zero attached hydrogens (tertiary/aromatic N) is 4. The Hall–Kier alpha value is -3.01. The highest BCUT2D eigenvalue weighted by Gasteiger charge is 2.10. The molecular weight excluding hydrogens is 246 g/mol. The minimum Gasteiger partial charge on any atom is -0.378 e. The normalized spacial score (nSPS) is 9.63. The largest absolute Gasteiger partial charge is 0.378 e. The average molecular weight is 255 g/mol. The quantitative estimate of drug-likeness (QED) is 0.660. The lowest BCUT2D eigenvalue weighted by atomic mass is 10.1. The number of hydrogen-bond acceptors (Lipinski definition) is 6. The van der Waals surface area contributed by atoms with Crippen molar-refractivity contribution in [1.29, 1.82) is 5.26 Å². The summed E-state index contributed by atoms with van der Waals surface area (Å²) in [5.74, 6) is 0. The zero-order chi connectivity index (χ0) is 13.7. The van der Waals surface area contributed by atoms with Gasteiger partial charge in [-0.2, -0.15) is 5.26 Å². The van der Waals surface area contributed by atoms with E-state index in [-0.39, 0.29) is 11.3 Å². The second-order valence-electron chi connectivity index (χ2n) is 3.65. The summed E-state index contributed by atoms with van der Waals surface area (Å²) in [5.41, 5.74) is 1.35. The summed E-state index contributed by atoms with van der Waals surface area (Å²) in [7, 11) is 0. The number of aromatic nitrogens is 2. The maximum atomic E-state index is 10.6. The molecule has 7 heteroatoms. The first kappa shape index (κ1) is 12.4. The van der Waals surface area contributed by atoms with Gasteiger partial charge in [-0.3, -0.25) is 20.1 Å². The van der Waals surface area contributed by atoms with Crippen LogP contribution in [0, 0.1) is 21.4 Å². The van der Waals surface area contributed by atoms with Gasteiger partial charge in [-0.1, -0.05) is 0 Å². The van der Waals surface area contributed by atoms with E-state index in [9.17, 15) is 10.1 Å². The van der Waals surface area contributed by atoms with Crippen LogP contribution in [-0.4, -0.2) is 14.9 Å². The van der Waals surface area contributed by atoms with Crippen molar-refractivity contribution in [3.05, 3.63) is 58.2 Å². The number of anilines is 1. The maximum Gasteiger partial charge on any atom is 0.270 e. The third kappa shape index (κ3) is 3.01. The van der Waals surface area contributed by atoms with Crippen molar-refractivity contribution in [2.24, 2.45) is 0 Å². The Morgan fingerprint density at radius 2 is 2.26 bits per heavy atom. The molecule has 94 valence electrons. The molecule has 0 unspecified atom stereocenters. The topological polar surface area (TPSA) is 105 Å². The molecule has 2 aromatic rings. The highest BCUT2D eigenvalue weighted by atomic mass is 16.6. The summed E-state index contributed by atoms with van der Waals surface area (Å²) < 4.78 is 0. The van der Waals surface area contributed by atoms with E-state index in [1.165, 1.54) is 18.2 Å². The zero-order valence-electron chi connectivity index (χ0n) is 9.78. The Bertz CT molecular complexity index is 636. The van der Waals surface area contributed by atoms with E-state index in [0.29, 0.717) is 17.9 Å². The molecule has 1 N–H and O–H groups in total. The first-order chi connectivity index (χ1) is 9.20. The first-order valence-corrected chi connectivity index (χ1v) is 5.38. The van der Waals surface area contributed by atoms with Crippen LogP contribution in [0.25, 0.3) is 0 Å². The van der Waals surface area contributed by atoms with Crippen molar-refractivity contribution in [3.63, 3.8) is 0 Å². The van der Waals surface area contributed by atoms with E-state index in [0.717, 1.165) is 0 Å². The third-order valence-corrected chi connectivity index (χ3v) is 2.41. The first-order valence-electron chi connectivity index (χ1n) is 5.38. The molecule has 19 heavy (non-hydrogen) atoms. The van der Waals surface area contributed by atoms with Crippen LogP contribution in [0.3, 0.4) is 0 Å². The van der Waals surface area contributed by atoms with Gasteiger partial charge >= 0.3 is 0 Å². The fourth-order valence-electron chi connectivity index (χ4n) is 1.50. The van der Waals surface area contributed by atoms with Gasteiger partial charge in [0, 0.05) is 24.5 Å². The molecule has 7 nitrogen and oxygen atoms in total. The van der Waals surface area contributed by atoms with Gasteiger partial charge in [0.15, 0.2) is 0 Å². The number of nitro benzene ring substituents is 1. The monoisotopic (exact) mass is 255 g/mol. The smallest absolute Gasteiger partial charge is 0.270 e. The second-order valence-corrected chi connectivity index (χ2v) is 3.65. The summed E-state index contributed by atoms with van der Waals surface area (Å²) in [5, 5.41) is 22.6. The Morgan fingerprint density at radius 3 is 2.89 bits per heavy atom. The minimum atomic E-state index is -0.534. The lowest BCUT2D eigenvalue weighted by Gasteiger charge is -2.07. The fourth-order valence-corrected chi connectivity index (χ4v) is 1.50. The van der Waals surface area contributed by atoms with Gasteiger partial charge in [0.25, 0.3) is 5.69 Å². The summed E-state index contributed by atoms with van der Waals surface area (Å²) in [4.78, 5) is 18.1. The third-order valence-electron chi connectivity index (χ3n) is 2.41. The van der Waals surface area contributed by atoms with Crippen molar-refractivity contribution in [2.45, 2.75) is 6.54 Å². The van der Waals surface area contributed by atoms with E-state index in [4.69, 9.17) is 5.26 Å². The van der Waals surface area contributed by atoms with E-state index >= 15 is 0 Å². The number of hydrogen-bond donors (Lipinski definition) is 1. The summed E-state index contributed by atoms with van der Waals surface area (Å²) in [6.45, 7) is 0.389. The van der Waals surface area contributed by atoms with E-state index in [1.807, 2.05) is 6.07 Å². The van der Waals surface area contributed by atoms with Crippen molar-refractivity contribution < 1.29 is 4.92 Å². The van der Waals surface area contributed by atoms with Crippen molar-refractivity contribution in [1.82, 2.24) is 9.97 Å². The molecule has 0 bridgehead atoms. The number of nitro groups is 1. The molecule has 0 aliphatic heterocycles. The van der Waals surface area contributed by atoms with Crippen molar-refractivity contribution in [3.8, 4) is 6.07 Å². The zero-order valence-corrected chi connectivity index (χ0v) is 9.78. The Labute approximate surface area is 108 Å². The number of non-ortho nitro benzene ring substituents is 1. The lowest BCUT2D eigenvalue weighted by molar-refractivity contribution is -0.384. The lowest BCUT2D eigenvalue weighted by Crippen LogP contribution is -2.03. The van der Waals surface area contributed by atoms with Crippen LogP contribution < -0.4 is 5.32 Å². The van der Waals surface area contributed by atoms with Gasteiger partial charge in [0.2, 0.25) is 0 Å². The molecule has 0 saturated carbocycles. The van der Waals surface area contributed by atoms with Gasteiger partial charge in [0.05, 0.1) is 34.6 Å². The van der Waals surface area contributed by atoms with Crippen molar-refractivity contribution >= 4 is 11.4 Å². The van der Waals surface area contributed by atoms with E-state index in [2.05, 4.69) is 15.3 Å². The molecule has 0 saturated heterocycles. The molecule has 0 amide bonds. The van der Waals surface area contributed by atoms with Gasteiger partial charge in [-0.25, -0.2) is 0 Å². The van der Waals surface area contributed by atoms with Crippen LogP contribution >= 0.6 is 0 Å². The van der Waals surface area contributed by atoms with Crippen LogP contribution in [0.1, 0.15) is 11.3 Å². The average Bonchev–Trinajstić information content (AvgIpc) is 2.45. The SMILES string of the molecule is N#Cc1cc([N+](=O)[O-])ccc1NCc1cnccn1. The van der Waals surface area contributed by atoms with E-state index < -0.39 is 4.92 Å². The summed E-state index contributed by atoms with van der Waals surface area (Å²) in [6, 6.07) is 6.01.